The largest absolute Gasteiger partial charge is 0.459 e. The van der Waals surface area contributed by atoms with Gasteiger partial charge in [-0.15, -0.1) is 0 Å². The first-order valence-corrected chi connectivity index (χ1v) is 13.0. The van der Waals surface area contributed by atoms with Gasteiger partial charge in [0.05, 0.1) is 0 Å². The van der Waals surface area contributed by atoms with Crippen molar-refractivity contribution in [3.63, 3.8) is 0 Å². The number of ether oxygens (including phenoxy) is 2. The van der Waals surface area contributed by atoms with E-state index in [1.165, 1.54) is 0 Å². The number of benzene rings is 2. The lowest BCUT2D eigenvalue weighted by Crippen LogP contribution is -2.54. The fourth-order valence-electron chi connectivity index (χ4n) is 3.11. The summed E-state index contributed by atoms with van der Waals surface area (Å²) in [6, 6.07) is 16.9. The standard InChI is InChI=1S/C28H38N2O5S/c1-27(2,3)35-26(33)30-22(17-20-13-9-7-10-14-20)24(31)29-23(19-36-28(4,5)6)25(32)34-18-21-15-11-8-12-16-21/h7-16,22-23H,17-19H2,1-6H3,(H,29,31)(H,30,33)/t22-,23-/m0/s1. The fraction of sp³-hybridized carbons (Fsp3) is 0.464. The van der Waals surface area contributed by atoms with E-state index >= 15 is 0 Å². The van der Waals surface area contributed by atoms with Crippen LogP contribution in [0.3, 0.4) is 0 Å². The van der Waals surface area contributed by atoms with Crippen LogP contribution in [-0.2, 0) is 32.1 Å². The van der Waals surface area contributed by atoms with E-state index in [1.807, 2.05) is 81.4 Å². The SMILES string of the molecule is CC(C)(C)OC(=O)N[C@@H](Cc1ccccc1)C(=O)N[C@@H](CSC(C)(C)C)C(=O)OCc1ccccc1. The molecule has 2 aromatic rings. The Balaban J connectivity index is 2.17. The smallest absolute Gasteiger partial charge is 0.408 e. The van der Waals surface area contributed by atoms with Crippen LogP contribution >= 0.6 is 11.8 Å². The molecule has 2 amide bonds. The zero-order chi connectivity index (χ0) is 26.8. The Morgan fingerprint density at radius 3 is 1.89 bits per heavy atom. The molecule has 0 unspecified atom stereocenters. The quantitative estimate of drug-likeness (QED) is 0.439. The number of thioether (sulfide) groups is 1. The molecular weight excluding hydrogens is 476 g/mol. The number of amides is 2. The van der Waals surface area contributed by atoms with E-state index in [-0.39, 0.29) is 17.8 Å². The summed E-state index contributed by atoms with van der Waals surface area (Å²) < 4.78 is 10.8. The van der Waals surface area contributed by atoms with Gasteiger partial charge >= 0.3 is 12.1 Å². The second kappa shape index (κ2) is 13.3. The summed E-state index contributed by atoms with van der Waals surface area (Å²) in [5, 5.41) is 5.47. The van der Waals surface area contributed by atoms with Crippen LogP contribution in [0.5, 0.6) is 0 Å². The van der Waals surface area contributed by atoms with Crippen LogP contribution < -0.4 is 10.6 Å². The van der Waals surface area contributed by atoms with Gasteiger partial charge in [-0.3, -0.25) is 4.79 Å². The highest BCUT2D eigenvalue weighted by molar-refractivity contribution is 8.00. The molecule has 2 N–H and O–H groups in total. The number of hydrogen-bond acceptors (Lipinski definition) is 6. The molecule has 0 heterocycles. The molecule has 7 nitrogen and oxygen atoms in total. The van der Waals surface area contributed by atoms with Crippen molar-refractivity contribution < 1.29 is 23.9 Å². The predicted molar refractivity (Wildman–Crippen MR) is 144 cm³/mol. The van der Waals surface area contributed by atoms with Gasteiger partial charge in [-0.1, -0.05) is 81.4 Å². The van der Waals surface area contributed by atoms with E-state index in [2.05, 4.69) is 10.6 Å². The molecule has 36 heavy (non-hydrogen) atoms. The highest BCUT2D eigenvalue weighted by Gasteiger charge is 2.30. The third-order valence-electron chi connectivity index (χ3n) is 4.80. The summed E-state index contributed by atoms with van der Waals surface area (Å²) in [5.74, 6) is -0.687. The lowest BCUT2D eigenvalue weighted by molar-refractivity contribution is -0.148. The lowest BCUT2D eigenvalue weighted by atomic mass is 10.1. The average Bonchev–Trinajstić information content (AvgIpc) is 2.79. The molecule has 0 saturated carbocycles. The number of rotatable bonds is 10. The molecule has 8 heteroatoms. The van der Waals surface area contributed by atoms with E-state index in [4.69, 9.17) is 9.47 Å². The number of nitrogens with one attached hydrogen (secondary N) is 2. The van der Waals surface area contributed by atoms with Crippen molar-refractivity contribution in [2.75, 3.05) is 5.75 Å². The topological polar surface area (TPSA) is 93.7 Å². The number of carbonyl (C=O) groups is 3. The maximum atomic E-state index is 13.4. The minimum atomic E-state index is -0.939. The Hall–Kier alpha value is -3.00. The first-order chi connectivity index (χ1) is 16.8. The third-order valence-corrected chi connectivity index (χ3v) is 6.16. The molecule has 0 aromatic heterocycles. The predicted octanol–water partition coefficient (Wildman–Crippen LogP) is 4.88. The average molecular weight is 515 g/mol. The second-order valence-corrected chi connectivity index (χ2v) is 12.3. The molecule has 0 aliphatic rings. The first kappa shape index (κ1) is 29.2. The molecule has 2 atom stereocenters. The zero-order valence-electron chi connectivity index (χ0n) is 22.0. The highest BCUT2D eigenvalue weighted by Crippen LogP contribution is 2.24. The Morgan fingerprint density at radius 1 is 0.806 bits per heavy atom. The summed E-state index contributed by atoms with van der Waals surface area (Å²) in [7, 11) is 0. The summed E-state index contributed by atoms with van der Waals surface area (Å²) in [6.45, 7) is 11.5. The summed E-state index contributed by atoms with van der Waals surface area (Å²) in [5.41, 5.74) is 0.999. The van der Waals surface area contributed by atoms with Crippen LogP contribution in [0.25, 0.3) is 0 Å². The van der Waals surface area contributed by atoms with Crippen molar-refractivity contribution >= 4 is 29.7 Å². The van der Waals surface area contributed by atoms with E-state index in [9.17, 15) is 14.4 Å². The molecule has 2 aromatic carbocycles. The van der Waals surface area contributed by atoms with Gasteiger partial charge < -0.3 is 20.1 Å². The molecule has 0 radical (unpaired) electrons. The van der Waals surface area contributed by atoms with Crippen LogP contribution in [0.1, 0.15) is 52.7 Å². The number of esters is 1. The van der Waals surface area contributed by atoms with Crippen LogP contribution in [-0.4, -0.2) is 46.2 Å². The Bertz CT molecular complexity index is 984. The highest BCUT2D eigenvalue weighted by atomic mass is 32.2. The van der Waals surface area contributed by atoms with Crippen molar-refractivity contribution in [1.82, 2.24) is 10.6 Å². The lowest BCUT2D eigenvalue weighted by Gasteiger charge is -2.26. The molecule has 0 spiro atoms. The molecule has 2 rings (SSSR count). The van der Waals surface area contributed by atoms with Gasteiger partial charge in [0.25, 0.3) is 0 Å². The molecule has 0 saturated heterocycles. The molecule has 196 valence electrons. The minimum Gasteiger partial charge on any atom is -0.459 e. The van der Waals surface area contributed by atoms with Crippen molar-refractivity contribution in [3.05, 3.63) is 71.8 Å². The molecule has 0 bridgehead atoms. The molecule has 0 aliphatic carbocycles. The van der Waals surface area contributed by atoms with Crippen LogP contribution in [0, 0.1) is 0 Å². The van der Waals surface area contributed by atoms with E-state index in [0.717, 1.165) is 11.1 Å². The van der Waals surface area contributed by atoms with Crippen LogP contribution in [0.2, 0.25) is 0 Å². The van der Waals surface area contributed by atoms with Gasteiger partial charge in [0.1, 0.15) is 24.3 Å². The number of carbonyl (C=O) groups excluding carboxylic acids is 3. The van der Waals surface area contributed by atoms with Gasteiger partial charge in [0.15, 0.2) is 0 Å². The second-order valence-electron chi connectivity index (χ2n) is 10.5. The monoisotopic (exact) mass is 514 g/mol. The van der Waals surface area contributed by atoms with Crippen molar-refractivity contribution in [2.45, 2.75) is 77.0 Å². The maximum absolute atomic E-state index is 13.4. The van der Waals surface area contributed by atoms with Gasteiger partial charge in [-0.05, 0) is 31.9 Å². The number of hydrogen-bond donors (Lipinski definition) is 2. The van der Waals surface area contributed by atoms with Crippen LogP contribution in [0.4, 0.5) is 4.79 Å². The van der Waals surface area contributed by atoms with Crippen molar-refractivity contribution in [3.8, 4) is 0 Å². The summed E-state index contributed by atoms with van der Waals surface area (Å²) in [4.78, 5) is 38.9. The van der Waals surface area contributed by atoms with Crippen molar-refractivity contribution in [2.24, 2.45) is 0 Å². The van der Waals surface area contributed by atoms with Gasteiger partial charge in [-0.2, -0.15) is 11.8 Å². The van der Waals surface area contributed by atoms with Crippen LogP contribution in [0.15, 0.2) is 60.7 Å². The van der Waals surface area contributed by atoms with Gasteiger partial charge in [0.2, 0.25) is 5.91 Å². The Kier molecular flexibility index (Phi) is 10.8. The number of alkyl carbamates (subject to hydrolysis) is 1. The van der Waals surface area contributed by atoms with Crippen molar-refractivity contribution in [1.29, 1.82) is 0 Å². The maximum Gasteiger partial charge on any atom is 0.408 e. The Labute approximate surface area is 218 Å². The molecule has 0 aliphatic heterocycles. The molecule has 0 fully saturated rings. The molecular formula is C28H38N2O5S. The first-order valence-electron chi connectivity index (χ1n) is 12.0. The van der Waals surface area contributed by atoms with E-state index < -0.39 is 35.7 Å². The zero-order valence-corrected chi connectivity index (χ0v) is 22.8. The van der Waals surface area contributed by atoms with E-state index in [1.54, 1.807) is 32.5 Å². The normalized spacial score (nSPS) is 13.3. The van der Waals surface area contributed by atoms with Gasteiger partial charge in [0, 0.05) is 16.9 Å². The minimum absolute atomic E-state index is 0.107. The third kappa shape index (κ3) is 11.6. The fourth-order valence-corrected chi connectivity index (χ4v) is 4.00. The van der Waals surface area contributed by atoms with E-state index in [0.29, 0.717) is 5.75 Å². The Morgan fingerprint density at radius 2 is 1.36 bits per heavy atom. The summed E-state index contributed by atoms with van der Waals surface area (Å²) >= 11 is 1.54. The summed E-state index contributed by atoms with van der Waals surface area (Å²) in [6.07, 6.45) is -0.463. The van der Waals surface area contributed by atoms with Gasteiger partial charge in [-0.25, -0.2) is 9.59 Å².